The summed E-state index contributed by atoms with van der Waals surface area (Å²) in [6.45, 7) is 12.3. The van der Waals surface area contributed by atoms with Gasteiger partial charge in [-0.05, 0) is 25.5 Å². The van der Waals surface area contributed by atoms with E-state index in [0.29, 0.717) is 5.70 Å². The number of nitrogens with zero attached hydrogens (tertiary/aromatic N) is 1. The molecule has 17 heavy (non-hydrogen) atoms. The van der Waals surface area contributed by atoms with Crippen LogP contribution in [0.4, 0.5) is 0 Å². The summed E-state index contributed by atoms with van der Waals surface area (Å²) in [7, 11) is 1.68. The molecule has 0 aromatic carbocycles. The predicted molar refractivity (Wildman–Crippen MR) is 72.2 cm³/mol. The Balaban J connectivity index is 5.64. The van der Waals surface area contributed by atoms with Crippen molar-refractivity contribution >= 4 is 5.78 Å². The highest BCUT2D eigenvalue weighted by atomic mass is 16.1. The van der Waals surface area contributed by atoms with Crippen LogP contribution in [0.25, 0.3) is 0 Å². The van der Waals surface area contributed by atoms with Crippen molar-refractivity contribution in [3.05, 3.63) is 23.4 Å². The van der Waals surface area contributed by atoms with Crippen LogP contribution in [0.3, 0.4) is 0 Å². The Morgan fingerprint density at radius 3 is 2.18 bits per heavy atom. The molecule has 1 unspecified atom stereocenters. The van der Waals surface area contributed by atoms with E-state index < -0.39 is 0 Å². The van der Waals surface area contributed by atoms with Crippen molar-refractivity contribution in [2.45, 2.75) is 40.2 Å². The molecule has 3 N–H and O–H groups in total. The summed E-state index contributed by atoms with van der Waals surface area (Å²) in [6, 6.07) is 0.113. The number of rotatable bonds is 7. The largest absolute Gasteiger partial charge is 0.310 e. The van der Waals surface area contributed by atoms with Crippen LogP contribution in [0.2, 0.25) is 0 Å². The number of hydrogen-bond acceptors (Lipinski definition) is 4. The number of likely N-dealkylation sites (N-methyl/N-ethyl adjacent to an activating group) is 2. The van der Waals surface area contributed by atoms with E-state index in [1.165, 1.54) is 11.9 Å². The molecule has 0 rings (SSSR count). The van der Waals surface area contributed by atoms with Gasteiger partial charge >= 0.3 is 0 Å². The number of hydrogen-bond donors (Lipinski definition) is 2. The Hall–Kier alpha value is -1.13. The quantitative estimate of drug-likeness (QED) is 0.307. The summed E-state index contributed by atoms with van der Waals surface area (Å²) in [6.07, 6.45) is 0.890. The number of carbonyl (C=O) groups excluding carboxylic acids is 1. The van der Waals surface area contributed by atoms with Crippen LogP contribution in [0.5, 0.6) is 0 Å². The lowest BCUT2D eigenvalue weighted by atomic mass is 9.94. The number of carbonyl (C=O) groups is 1. The summed E-state index contributed by atoms with van der Waals surface area (Å²) >= 11 is 0. The van der Waals surface area contributed by atoms with Crippen LogP contribution in [0.15, 0.2) is 23.4 Å². The van der Waals surface area contributed by atoms with Crippen LogP contribution in [0, 0.1) is 0 Å². The zero-order chi connectivity index (χ0) is 13.6. The van der Waals surface area contributed by atoms with Crippen LogP contribution in [-0.2, 0) is 4.79 Å². The van der Waals surface area contributed by atoms with Crippen molar-refractivity contribution in [2.24, 2.45) is 5.84 Å². The van der Waals surface area contributed by atoms with Crippen LogP contribution in [-0.4, -0.2) is 30.4 Å². The second-order valence-corrected chi connectivity index (χ2v) is 4.23. The molecular formula is C13H25N3O. The van der Waals surface area contributed by atoms with Gasteiger partial charge in [0.15, 0.2) is 5.78 Å². The van der Waals surface area contributed by atoms with Gasteiger partial charge in [0.1, 0.15) is 0 Å². The van der Waals surface area contributed by atoms with Crippen molar-refractivity contribution < 1.29 is 4.79 Å². The molecule has 0 fully saturated rings. The van der Waals surface area contributed by atoms with Crippen molar-refractivity contribution in [2.75, 3.05) is 13.6 Å². The molecule has 4 heteroatoms. The third-order valence-electron chi connectivity index (χ3n) is 2.61. The Labute approximate surface area is 105 Å². The molecule has 0 aromatic rings. The van der Waals surface area contributed by atoms with Crippen molar-refractivity contribution in [1.29, 1.82) is 0 Å². The average molecular weight is 239 g/mol. The second-order valence-electron chi connectivity index (χ2n) is 4.23. The lowest BCUT2D eigenvalue weighted by molar-refractivity contribution is -0.115. The normalized spacial score (nSPS) is 14.0. The van der Waals surface area contributed by atoms with E-state index in [0.717, 1.165) is 24.1 Å². The lowest BCUT2D eigenvalue weighted by Crippen LogP contribution is -2.37. The smallest absolute Gasteiger partial charge is 0.177 e. The van der Waals surface area contributed by atoms with Gasteiger partial charge in [0.2, 0.25) is 0 Å². The molecule has 98 valence electrons. The first-order valence-corrected chi connectivity index (χ1v) is 5.99. The van der Waals surface area contributed by atoms with Crippen LogP contribution >= 0.6 is 0 Å². The molecule has 0 aliphatic heterocycles. The Bertz CT molecular complexity index is 319. The Kier molecular flexibility index (Phi) is 6.76. The van der Waals surface area contributed by atoms with E-state index >= 15 is 0 Å². The van der Waals surface area contributed by atoms with Gasteiger partial charge in [-0.3, -0.25) is 4.79 Å². The molecule has 0 bridgehead atoms. The van der Waals surface area contributed by atoms with Crippen molar-refractivity contribution in [1.82, 2.24) is 10.3 Å². The van der Waals surface area contributed by atoms with Crippen LogP contribution < -0.4 is 11.2 Å². The second kappa shape index (κ2) is 7.25. The average Bonchev–Trinajstić information content (AvgIpc) is 2.21. The molecule has 4 nitrogen and oxygen atoms in total. The molecule has 0 saturated heterocycles. The molecule has 0 amide bonds. The molecule has 0 spiro atoms. The molecule has 0 aliphatic rings. The standard InChI is InChI=1S/C13H25N3O/c1-7-11(15-8-2)12(9(3)4)13(10(5)17)16(6)14/h11,15H,3,7-8,14H2,1-2,4-6H3/b13-12+. The van der Waals surface area contributed by atoms with E-state index in [2.05, 4.69) is 18.8 Å². The molecule has 1 atom stereocenters. The summed E-state index contributed by atoms with van der Waals surface area (Å²) in [4.78, 5) is 11.7. The summed E-state index contributed by atoms with van der Waals surface area (Å²) in [5.74, 6) is 5.71. The minimum atomic E-state index is -0.0376. The Morgan fingerprint density at radius 2 is 1.94 bits per heavy atom. The maximum atomic E-state index is 11.7. The Morgan fingerprint density at radius 1 is 1.41 bits per heavy atom. The minimum Gasteiger partial charge on any atom is -0.310 e. The van der Waals surface area contributed by atoms with E-state index in [1.54, 1.807) is 7.05 Å². The molecule has 0 aromatic heterocycles. The maximum Gasteiger partial charge on any atom is 0.177 e. The van der Waals surface area contributed by atoms with E-state index in [1.807, 2.05) is 13.8 Å². The zero-order valence-corrected chi connectivity index (χ0v) is 11.6. The highest BCUT2D eigenvalue weighted by molar-refractivity contribution is 5.94. The SMILES string of the molecule is C=C(C)/C(=C(/C(C)=O)N(C)N)C(CC)NCC. The lowest BCUT2D eigenvalue weighted by Gasteiger charge is -2.26. The highest BCUT2D eigenvalue weighted by Gasteiger charge is 2.21. The number of ketones is 1. The number of Topliss-reactive ketones (excluding diaryl/α,β-unsaturated/α-hetero) is 1. The fourth-order valence-corrected chi connectivity index (χ4v) is 1.99. The van der Waals surface area contributed by atoms with Crippen molar-refractivity contribution in [3.8, 4) is 0 Å². The monoisotopic (exact) mass is 239 g/mol. The molecule has 0 radical (unpaired) electrons. The minimum absolute atomic E-state index is 0.0376. The number of nitrogens with two attached hydrogens (primary N) is 1. The predicted octanol–water partition coefficient (Wildman–Crippen LogP) is 1.60. The highest BCUT2D eigenvalue weighted by Crippen LogP contribution is 2.21. The fraction of sp³-hybridized carbons (Fsp3) is 0.615. The first-order valence-electron chi connectivity index (χ1n) is 5.99. The zero-order valence-electron chi connectivity index (χ0n) is 11.6. The topological polar surface area (TPSA) is 58.4 Å². The third kappa shape index (κ3) is 4.32. The van der Waals surface area contributed by atoms with E-state index in [4.69, 9.17) is 5.84 Å². The molecule has 0 aliphatic carbocycles. The van der Waals surface area contributed by atoms with Gasteiger partial charge in [0.25, 0.3) is 0 Å². The number of allylic oxidation sites excluding steroid dienone is 1. The number of nitrogens with one attached hydrogen (secondary N) is 1. The fourth-order valence-electron chi connectivity index (χ4n) is 1.99. The maximum absolute atomic E-state index is 11.7. The first-order chi connectivity index (χ1) is 7.86. The van der Waals surface area contributed by atoms with Gasteiger partial charge < -0.3 is 10.3 Å². The first kappa shape index (κ1) is 15.9. The van der Waals surface area contributed by atoms with Gasteiger partial charge in [-0.25, -0.2) is 5.84 Å². The van der Waals surface area contributed by atoms with Gasteiger partial charge in [0.05, 0.1) is 5.70 Å². The summed E-state index contributed by atoms with van der Waals surface area (Å²) < 4.78 is 0. The number of hydrazine groups is 1. The van der Waals surface area contributed by atoms with Crippen LogP contribution in [0.1, 0.15) is 34.1 Å². The van der Waals surface area contributed by atoms with E-state index in [9.17, 15) is 4.79 Å². The molecule has 0 heterocycles. The third-order valence-corrected chi connectivity index (χ3v) is 2.61. The van der Waals surface area contributed by atoms with E-state index in [-0.39, 0.29) is 11.8 Å². The van der Waals surface area contributed by atoms with Gasteiger partial charge in [-0.1, -0.05) is 26.0 Å². The van der Waals surface area contributed by atoms with Crippen molar-refractivity contribution in [3.63, 3.8) is 0 Å². The van der Waals surface area contributed by atoms with Gasteiger partial charge in [-0.15, -0.1) is 0 Å². The van der Waals surface area contributed by atoms with Gasteiger partial charge in [-0.2, -0.15) is 0 Å². The van der Waals surface area contributed by atoms with Gasteiger partial charge in [0, 0.05) is 20.0 Å². The summed E-state index contributed by atoms with van der Waals surface area (Å²) in [5, 5.41) is 4.73. The molecular weight excluding hydrogens is 214 g/mol. The molecule has 0 saturated carbocycles. The summed E-state index contributed by atoms with van der Waals surface area (Å²) in [5.41, 5.74) is 2.32.